The van der Waals surface area contributed by atoms with Gasteiger partial charge in [-0.2, -0.15) is 17.0 Å². The number of aliphatic carboxylic acids is 1. The molecule has 0 spiro atoms. The second-order valence-electron chi connectivity index (χ2n) is 7.06. The molecule has 0 radical (unpaired) electrons. The van der Waals surface area contributed by atoms with E-state index >= 15 is 0 Å². The molecule has 0 aromatic carbocycles. The zero-order valence-corrected chi connectivity index (χ0v) is 18.9. The van der Waals surface area contributed by atoms with E-state index in [9.17, 15) is 24.6 Å². The van der Waals surface area contributed by atoms with Gasteiger partial charge in [0.25, 0.3) is 0 Å². The van der Waals surface area contributed by atoms with Gasteiger partial charge in [-0.25, -0.2) is 9.59 Å². The van der Waals surface area contributed by atoms with Gasteiger partial charge in [-0.3, -0.25) is 4.79 Å². The zero-order valence-electron chi connectivity index (χ0n) is 17.3. The number of nitriles is 1. The van der Waals surface area contributed by atoms with Crippen LogP contribution in [0.3, 0.4) is 0 Å². The van der Waals surface area contributed by atoms with E-state index in [1.165, 1.54) is 22.7 Å². The Morgan fingerprint density at radius 2 is 2.16 bits per heavy atom. The molecule has 0 saturated carbocycles. The van der Waals surface area contributed by atoms with Gasteiger partial charge in [-0.1, -0.05) is 12.7 Å². The van der Waals surface area contributed by atoms with E-state index in [1.54, 1.807) is 18.7 Å². The zero-order chi connectivity index (χ0) is 23.0. The highest BCUT2D eigenvalue weighted by Gasteiger charge is 2.60. The number of alkyl carbamates (subject to hydrolysis) is 1. The van der Waals surface area contributed by atoms with E-state index in [0.717, 1.165) is 0 Å². The number of nitrogens with zero attached hydrogens (tertiary/aromatic N) is 2. The van der Waals surface area contributed by atoms with Crippen LogP contribution in [-0.2, 0) is 14.3 Å². The van der Waals surface area contributed by atoms with Crippen molar-refractivity contribution in [3.8, 4) is 6.07 Å². The molecule has 0 aromatic rings. The van der Waals surface area contributed by atoms with E-state index in [-0.39, 0.29) is 36.6 Å². The van der Waals surface area contributed by atoms with Crippen LogP contribution in [0, 0.1) is 23.2 Å². The van der Waals surface area contributed by atoms with Crippen molar-refractivity contribution in [3.05, 3.63) is 23.3 Å². The molecule has 0 aromatic heterocycles. The lowest BCUT2D eigenvalue weighted by molar-refractivity contribution is -0.163. The van der Waals surface area contributed by atoms with E-state index in [4.69, 9.17) is 10.00 Å². The van der Waals surface area contributed by atoms with Crippen LogP contribution >= 0.6 is 23.5 Å². The minimum Gasteiger partial charge on any atom is -0.477 e. The number of rotatable bonds is 13. The number of ether oxygens (including phenoxy) is 1. The smallest absolute Gasteiger partial charge is 0.407 e. The first-order valence-corrected chi connectivity index (χ1v) is 12.1. The minimum atomic E-state index is -1.17. The van der Waals surface area contributed by atoms with Crippen molar-refractivity contribution in [1.82, 2.24) is 10.2 Å². The molecule has 2 heterocycles. The summed E-state index contributed by atoms with van der Waals surface area (Å²) in [6, 6.07) is 1.67. The number of hydrogen-bond acceptors (Lipinski definition) is 8. The first-order valence-electron chi connectivity index (χ1n) is 9.92. The van der Waals surface area contributed by atoms with Crippen LogP contribution < -0.4 is 5.32 Å². The Morgan fingerprint density at radius 3 is 2.77 bits per heavy atom. The van der Waals surface area contributed by atoms with Crippen molar-refractivity contribution >= 4 is 41.5 Å². The van der Waals surface area contributed by atoms with E-state index < -0.39 is 24.1 Å². The van der Waals surface area contributed by atoms with Crippen LogP contribution in [0.1, 0.15) is 19.8 Å². The number of carbonyl (C=O) groups excluding carboxylic acids is 2. The summed E-state index contributed by atoms with van der Waals surface area (Å²) in [4.78, 5) is 37.7. The third-order valence-corrected chi connectivity index (χ3v) is 7.26. The monoisotopic (exact) mass is 469 g/mol. The van der Waals surface area contributed by atoms with Gasteiger partial charge in [-0.05, 0) is 19.1 Å². The number of carboxylic acids is 1. The van der Waals surface area contributed by atoms with Gasteiger partial charge in [0, 0.05) is 35.3 Å². The molecule has 1 fully saturated rings. The summed E-state index contributed by atoms with van der Waals surface area (Å²) in [5.41, 5.74) is -0.0172. The van der Waals surface area contributed by atoms with Gasteiger partial charge in [0.15, 0.2) is 0 Å². The number of aliphatic hydroxyl groups is 1. The lowest BCUT2D eigenvalue weighted by Gasteiger charge is -2.47. The standard InChI is InChI=1S/C20H27N3O6S2/c1-3-8-29-20(28)22-7-11-30-10-5-13-15-14(12(2)24)18(25)23(15)16(19(26)27)17(13)31-9-4-6-21/h3,12-15,24H,1,4-5,7-11H2,2H3,(H,22,28)(H,26,27)/t12-,13+,14-,15-/m1/s1. The number of β-lactam (4-membered cyclic amide) rings is 1. The number of nitrogens with one attached hydrogen (secondary N) is 1. The van der Waals surface area contributed by atoms with Crippen LogP contribution in [0.2, 0.25) is 0 Å². The Hall–Kier alpha value is -2.16. The van der Waals surface area contributed by atoms with Crippen LogP contribution in [0.5, 0.6) is 0 Å². The maximum atomic E-state index is 12.5. The molecule has 2 amide bonds. The van der Waals surface area contributed by atoms with Crippen LogP contribution in [0.4, 0.5) is 4.79 Å². The predicted molar refractivity (Wildman–Crippen MR) is 118 cm³/mol. The topological polar surface area (TPSA) is 140 Å². The van der Waals surface area contributed by atoms with Crippen molar-refractivity contribution in [2.45, 2.75) is 31.9 Å². The number of carboxylic acid groups (broad SMARTS) is 1. The van der Waals surface area contributed by atoms with Gasteiger partial charge < -0.3 is 25.2 Å². The predicted octanol–water partition coefficient (Wildman–Crippen LogP) is 1.80. The number of hydrogen-bond donors (Lipinski definition) is 3. The van der Waals surface area contributed by atoms with Crippen molar-refractivity contribution < 1.29 is 29.3 Å². The third-order valence-electron chi connectivity index (χ3n) is 5.03. The highest BCUT2D eigenvalue weighted by atomic mass is 32.2. The maximum Gasteiger partial charge on any atom is 0.407 e. The number of aliphatic hydroxyl groups excluding tert-OH is 1. The quantitative estimate of drug-likeness (QED) is 0.209. The van der Waals surface area contributed by atoms with Gasteiger partial charge in [0.1, 0.15) is 12.3 Å². The van der Waals surface area contributed by atoms with Gasteiger partial charge in [0.05, 0.1) is 24.1 Å². The van der Waals surface area contributed by atoms with Gasteiger partial charge in [-0.15, -0.1) is 11.8 Å². The Kier molecular flexibility index (Phi) is 9.74. The first kappa shape index (κ1) is 25.1. The highest BCUT2D eigenvalue weighted by Crippen LogP contribution is 2.52. The summed E-state index contributed by atoms with van der Waals surface area (Å²) in [7, 11) is 0. The van der Waals surface area contributed by atoms with Gasteiger partial charge >= 0.3 is 12.1 Å². The molecule has 4 atom stereocenters. The summed E-state index contributed by atoms with van der Waals surface area (Å²) >= 11 is 2.90. The Morgan fingerprint density at radius 1 is 1.42 bits per heavy atom. The molecular formula is C20H27N3O6S2. The molecule has 2 aliphatic rings. The summed E-state index contributed by atoms with van der Waals surface area (Å²) < 4.78 is 4.83. The molecule has 31 heavy (non-hydrogen) atoms. The summed E-state index contributed by atoms with van der Waals surface area (Å²) in [5.74, 6) is -0.585. The average Bonchev–Trinajstić information content (AvgIpc) is 2.98. The van der Waals surface area contributed by atoms with Crippen LogP contribution in [0.25, 0.3) is 0 Å². The van der Waals surface area contributed by atoms with E-state index in [2.05, 4.69) is 11.9 Å². The van der Waals surface area contributed by atoms with Gasteiger partial charge in [0.2, 0.25) is 5.91 Å². The fraction of sp³-hybridized carbons (Fsp3) is 0.600. The Balaban J connectivity index is 1.99. The lowest BCUT2D eigenvalue weighted by atomic mass is 9.77. The molecular weight excluding hydrogens is 442 g/mol. The van der Waals surface area contributed by atoms with Crippen molar-refractivity contribution in [2.75, 3.05) is 30.4 Å². The molecule has 9 nitrogen and oxygen atoms in total. The molecule has 2 rings (SSSR count). The maximum absolute atomic E-state index is 12.5. The third kappa shape index (κ3) is 5.96. The second kappa shape index (κ2) is 12.0. The number of amides is 2. The number of thioether (sulfide) groups is 2. The largest absolute Gasteiger partial charge is 0.477 e. The van der Waals surface area contributed by atoms with E-state index in [0.29, 0.717) is 35.1 Å². The molecule has 0 aliphatic carbocycles. The van der Waals surface area contributed by atoms with Crippen LogP contribution in [-0.4, -0.2) is 75.6 Å². The summed E-state index contributed by atoms with van der Waals surface area (Å²) in [6.07, 6.45) is 0.998. The molecule has 170 valence electrons. The summed E-state index contributed by atoms with van der Waals surface area (Å²) in [6.45, 7) is 5.58. The van der Waals surface area contributed by atoms with E-state index in [1.807, 2.05) is 6.07 Å². The Bertz CT molecular complexity index is 779. The molecule has 0 bridgehead atoms. The lowest BCUT2D eigenvalue weighted by Crippen LogP contribution is -2.63. The van der Waals surface area contributed by atoms with Crippen LogP contribution in [0.15, 0.2) is 23.3 Å². The van der Waals surface area contributed by atoms with Crippen molar-refractivity contribution in [2.24, 2.45) is 11.8 Å². The fourth-order valence-electron chi connectivity index (χ4n) is 3.78. The fourth-order valence-corrected chi connectivity index (χ4v) is 5.86. The molecule has 1 saturated heterocycles. The second-order valence-corrected chi connectivity index (χ2v) is 9.42. The number of carbonyl (C=O) groups is 3. The average molecular weight is 470 g/mol. The minimum absolute atomic E-state index is 0.0172. The first-order chi connectivity index (χ1) is 14.8. The normalized spacial score (nSPS) is 22.9. The molecule has 3 N–H and O–H groups in total. The molecule has 2 aliphatic heterocycles. The van der Waals surface area contributed by atoms with Crippen molar-refractivity contribution in [1.29, 1.82) is 5.26 Å². The molecule has 0 unspecified atom stereocenters. The Labute approximate surface area is 189 Å². The number of fused-ring (bicyclic) bond motifs is 1. The summed E-state index contributed by atoms with van der Waals surface area (Å²) in [5, 5.41) is 31.2. The SMILES string of the molecule is C=CCOC(=O)NCCSCC[C@@H]1C(SCCC#N)=C(C(=O)O)N2C(=O)[C@H]([C@@H](C)O)[C@@H]12. The van der Waals surface area contributed by atoms with Crippen molar-refractivity contribution in [3.63, 3.8) is 0 Å². The highest BCUT2D eigenvalue weighted by molar-refractivity contribution is 8.03. The molecule has 11 heteroatoms.